The molecular formula is C31H29F6N7O3. The lowest BCUT2D eigenvalue weighted by Crippen LogP contribution is -2.57. The normalized spacial score (nSPS) is 15.8. The van der Waals surface area contributed by atoms with E-state index in [1.165, 1.54) is 52.3 Å². The van der Waals surface area contributed by atoms with Crippen LogP contribution >= 0.6 is 0 Å². The summed E-state index contributed by atoms with van der Waals surface area (Å²) in [6.07, 6.45) is -6.06. The van der Waals surface area contributed by atoms with Crippen molar-refractivity contribution in [2.24, 2.45) is 5.73 Å². The number of piperazine rings is 1. The van der Waals surface area contributed by atoms with Gasteiger partial charge in [0.2, 0.25) is 5.91 Å². The van der Waals surface area contributed by atoms with Gasteiger partial charge in [0.25, 0.3) is 0 Å². The minimum Gasteiger partial charge on any atom is -0.457 e. The molecule has 4 aromatic rings. The predicted octanol–water partition coefficient (Wildman–Crippen LogP) is 4.99. The van der Waals surface area contributed by atoms with Gasteiger partial charge in [-0.05, 0) is 43.4 Å². The first kappa shape index (κ1) is 33.2. The molecule has 2 N–H and O–H groups in total. The van der Waals surface area contributed by atoms with Crippen molar-refractivity contribution < 1.29 is 40.7 Å². The molecule has 1 saturated heterocycles. The van der Waals surface area contributed by atoms with Crippen molar-refractivity contribution in [3.63, 3.8) is 0 Å². The lowest BCUT2D eigenvalue weighted by Gasteiger charge is -2.43. The SMILES string of the molecule is CN(C[C@H]1CN(c2c(-n3cc(C(N)=O)cc3-c3ccnnc3)ccc(Oc3ccccc3)c2C(F)(F)F)CCN1C)C(=O)C(F)(F)F. The van der Waals surface area contributed by atoms with Crippen LogP contribution in [0.15, 0.2) is 73.2 Å². The molecule has 47 heavy (non-hydrogen) atoms. The van der Waals surface area contributed by atoms with E-state index in [0.29, 0.717) is 10.5 Å². The smallest absolute Gasteiger partial charge is 0.457 e. The number of nitrogens with zero attached hydrogens (tertiary/aromatic N) is 6. The second-order valence-corrected chi connectivity index (χ2v) is 11.0. The summed E-state index contributed by atoms with van der Waals surface area (Å²) < 4.78 is 92.4. The molecule has 0 radical (unpaired) electrons. The van der Waals surface area contributed by atoms with Gasteiger partial charge in [-0.1, -0.05) is 18.2 Å². The number of para-hydroxylation sites is 1. The highest BCUT2D eigenvalue weighted by molar-refractivity contribution is 5.94. The van der Waals surface area contributed by atoms with E-state index in [4.69, 9.17) is 10.5 Å². The molecule has 2 aromatic carbocycles. The third-order valence-electron chi connectivity index (χ3n) is 7.78. The number of aromatic nitrogens is 3. The summed E-state index contributed by atoms with van der Waals surface area (Å²) in [4.78, 5) is 27.8. The number of halogens is 6. The maximum absolute atomic E-state index is 15.2. The maximum Gasteiger partial charge on any atom is 0.471 e. The molecule has 5 rings (SSSR count). The molecule has 1 atom stereocenters. The topological polar surface area (TPSA) is 110 Å². The molecule has 16 heteroatoms. The summed E-state index contributed by atoms with van der Waals surface area (Å²) in [7, 11) is 2.61. The van der Waals surface area contributed by atoms with Gasteiger partial charge in [0.05, 0.1) is 35.0 Å². The van der Waals surface area contributed by atoms with Crippen LogP contribution in [-0.4, -0.2) is 88.9 Å². The third-order valence-corrected chi connectivity index (χ3v) is 7.78. The Kier molecular flexibility index (Phi) is 9.15. The molecule has 0 saturated carbocycles. The fraction of sp³-hybridized carbons (Fsp3) is 0.290. The average molecular weight is 662 g/mol. The van der Waals surface area contributed by atoms with Gasteiger partial charge in [-0.15, -0.1) is 0 Å². The number of rotatable bonds is 8. The Hall–Kier alpha value is -5.12. The van der Waals surface area contributed by atoms with Crippen molar-refractivity contribution in [3.8, 4) is 28.4 Å². The van der Waals surface area contributed by atoms with Crippen LogP contribution in [0.2, 0.25) is 0 Å². The largest absolute Gasteiger partial charge is 0.471 e. The van der Waals surface area contributed by atoms with Crippen molar-refractivity contribution in [2.75, 3.05) is 45.2 Å². The number of carbonyl (C=O) groups is 2. The molecule has 2 amide bonds. The second-order valence-electron chi connectivity index (χ2n) is 11.0. The second kappa shape index (κ2) is 12.9. The molecule has 3 heterocycles. The van der Waals surface area contributed by atoms with E-state index in [1.54, 1.807) is 36.2 Å². The molecule has 1 fully saturated rings. The van der Waals surface area contributed by atoms with Gasteiger partial charge in [0.1, 0.15) is 17.1 Å². The summed E-state index contributed by atoms with van der Waals surface area (Å²) in [6, 6.07) is 12.6. The minimum atomic E-state index is -5.12. The van der Waals surface area contributed by atoms with Crippen LogP contribution < -0.4 is 15.4 Å². The van der Waals surface area contributed by atoms with Gasteiger partial charge >= 0.3 is 18.3 Å². The van der Waals surface area contributed by atoms with Crippen molar-refractivity contribution in [1.82, 2.24) is 24.6 Å². The van der Waals surface area contributed by atoms with Crippen LogP contribution in [0.5, 0.6) is 11.5 Å². The quantitative estimate of drug-likeness (QED) is 0.265. The van der Waals surface area contributed by atoms with Crippen molar-refractivity contribution in [3.05, 3.63) is 84.3 Å². The maximum atomic E-state index is 15.2. The van der Waals surface area contributed by atoms with Gasteiger partial charge in [0.15, 0.2) is 0 Å². The zero-order chi connectivity index (χ0) is 34.1. The molecule has 248 valence electrons. The van der Waals surface area contributed by atoms with Gasteiger partial charge in [-0.2, -0.15) is 36.5 Å². The average Bonchev–Trinajstić information content (AvgIpc) is 3.47. The molecule has 10 nitrogen and oxygen atoms in total. The zero-order valence-corrected chi connectivity index (χ0v) is 25.1. The monoisotopic (exact) mass is 661 g/mol. The Balaban J connectivity index is 1.71. The lowest BCUT2D eigenvalue weighted by molar-refractivity contribution is -0.184. The molecule has 0 bridgehead atoms. The number of nitrogens with two attached hydrogens (primary N) is 1. The van der Waals surface area contributed by atoms with Crippen LogP contribution in [0.1, 0.15) is 15.9 Å². The van der Waals surface area contributed by atoms with Crippen LogP contribution in [0.3, 0.4) is 0 Å². The Labute approximate surface area is 264 Å². The number of likely N-dealkylation sites (N-methyl/N-ethyl adjacent to an activating group) is 2. The number of hydrogen-bond acceptors (Lipinski definition) is 7. The lowest BCUT2D eigenvalue weighted by atomic mass is 10.0. The van der Waals surface area contributed by atoms with Gasteiger partial charge in [0, 0.05) is 51.0 Å². The number of alkyl halides is 6. The number of ether oxygens (including phenoxy) is 1. The number of carbonyl (C=O) groups excluding carboxylic acids is 2. The summed E-state index contributed by atoms with van der Waals surface area (Å²) in [5.74, 6) is -3.27. The van der Waals surface area contributed by atoms with Gasteiger partial charge in [-0.25, -0.2) is 0 Å². The summed E-state index contributed by atoms with van der Waals surface area (Å²) in [5.41, 5.74) is 4.77. The number of amides is 2. The van der Waals surface area contributed by atoms with Crippen molar-refractivity contribution >= 4 is 17.5 Å². The van der Waals surface area contributed by atoms with Crippen LogP contribution in [0.25, 0.3) is 16.9 Å². The van der Waals surface area contributed by atoms with Gasteiger partial charge < -0.3 is 24.8 Å². The first-order valence-corrected chi connectivity index (χ1v) is 14.2. The highest BCUT2D eigenvalue weighted by atomic mass is 19.4. The first-order chi connectivity index (χ1) is 22.1. The molecular weight excluding hydrogens is 632 g/mol. The highest BCUT2D eigenvalue weighted by Gasteiger charge is 2.44. The van der Waals surface area contributed by atoms with Crippen LogP contribution in [-0.2, 0) is 11.0 Å². The molecule has 2 aromatic heterocycles. The highest BCUT2D eigenvalue weighted by Crippen LogP contribution is 2.48. The van der Waals surface area contributed by atoms with E-state index in [9.17, 15) is 22.8 Å². The fourth-order valence-corrected chi connectivity index (χ4v) is 5.47. The minimum absolute atomic E-state index is 0.00414. The van der Waals surface area contributed by atoms with E-state index in [-0.39, 0.29) is 48.0 Å². The number of primary amides is 1. The number of benzene rings is 2. The Morgan fingerprint density at radius 2 is 1.74 bits per heavy atom. The Morgan fingerprint density at radius 1 is 1.02 bits per heavy atom. The molecule has 0 aliphatic carbocycles. The Bertz CT molecular complexity index is 1750. The zero-order valence-electron chi connectivity index (χ0n) is 25.1. The molecule has 1 aliphatic heterocycles. The van der Waals surface area contributed by atoms with E-state index >= 15 is 13.2 Å². The molecule has 0 spiro atoms. The molecule has 1 aliphatic rings. The molecule has 0 unspecified atom stereocenters. The third kappa shape index (κ3) is 7.16. The first-order valence-electron chi connectivity index (χ1n) is 14.2. The summed E-state index contributed by atoms with van der Waals surface area (Å²) in [6.45, 7) is -0.415. The van der Waals surface area contributed by atoms with E-state index < -0.39 is 48.1 Å². The summed E-state index contributed by atoms with van der Waals surface area (Å²) >= 11 is 0. The van der Waals surface area contributed by atoms with Crippen LogP contribution in [0.4, 0.5) is 32.0 Å². The summed E-state index contributed by atoms with van der Waals surface area (Å²) in [5, 5.41) is 7.59. The van der Waals surface area contributed by atoms with Crippen LogP contribution in [0, 0.1) is 0 Å². The van der Waals surface area contributed by atoms with E-state index in [2.05, 4.69) is 10.2 Å². The van der Waals surface area contributed by atoms with E-state index in [1.807, 2.05) is 0 Å². The fourth-order valence-electron chi connectivity index (χ4n) is 5.47. The van der Waals surface area contributed by atoms with Gasteiger partial charge in [-0.3, -0.25) is 14.5 Å². The Morgan fingerprint density at radius 3 is 2.36 bits per heavy atom. The number of hydrogen-bond donors (Lipinski definition) is 1. The number of anilines is 1. The van der Waals surface area contributed by atoms with Crippen molar-refractivity contribution in [1.29, 1.82) is 0 Å². The van der Waals surface area contributed by atoms with Crippen molar-refractivity contribution in [2.45, 2.75) is 18.4 Å². The standard InChI is InChI=1S/C31H29F6N7O3/c1-41-12-13-43(18-21(41)17-42(2)29(46)31(35,36)37)27-23(44-16-20(28(38)45)14-24(44)19-10-11-39-40-15-19)8-9-25(26(27)30(32,33)34)47-22-6-4-3-5-7-22/h3-11,14-16,21H,12-13,17-18H2,1-2H3,(H2,38,45)/t21-/m0/s1. The predicted molar refractivity (Wildman–Crippen MR) is 159 cm³/mol. The van der Waals surface area contributed by atoms with E-state index in [0.717, 1.165) is 13.1 Å².